The van der Waals surface area contributed by atoms with E-state index in [2.05, 4.69) is 10.3 Å². The first-order chi connectivity index (χ1) is 14.1. The maximum atomic E-state index is 12.8. The van der Waals surface area contributed by atoms with Crippen LogP contribution in [0.5, 0.6) is 0 Å². The molecule has 0 bridgehead atoms. The first kappa shape index (κ1) is 21.6. The summed E-state index contributed by atoms with van der Waals surface area (Å²) in [6, 6.07) is 10.7. The third-order valence-electron chi connectivity index (χ3n) is 4.32. The lowest BCUT2D eigenvalue weighted by atomic mass is 10.0. The Morgan fingerprint density at radius 3 is 2.57 bits per heavy atom. The first-order valence-corrected chi connectivity index (χ1v) is 9.95. The number of nitrogens with zero attached hydrogens (tertiary/aromatic N) is 2. The molecule has 158 valence electrons. The first-order valence-electron chi connectivity index (χ1n) is 9.57. The maximum Gasteiger partial charge on any atom is 0.326 e. The predicted octanol–water partition coefficient (Wildman–Crippen LogP) is 3.18. The Kier molecular flexibility index (Phi) is 6.31. The monoisotopic (exact) mass is 428 g/mol. The summed E-state index contributed by atoms with van der Waals surface area (Å²) in [6.45, 7) is 5.96. The summed E-state index contributed by atoms with van der Waals surface area (Å²) in [4.78, 5) is 31.2. The van der Waals surface area contributed by atoms with Gasteiger partial charge in [-0.2, -0.15) is 0 Å². The quantitative estimate of drug-likeness (QED) is 0.710. The van der Waals surface area contributed by atoms with Crippen molar-refractivity contribution in [3.8, 4) is 0 Å². The number of hydrogen-bond acceptors (Lipinski definition) is 6. The molecule has 3 rings (SSSR count). The van der Waals surface area contributed by atoms with Gasteiger partial charge in [0.2, 0.25) is 5.91 Å². The highest BCUT2D eigenvalue weighted by molar-refractivity contribution is 6.30. The molecule has 0 spiro atoms. The Balaban J connectivity index is 1.76. The second-order valence-electron chi connectivity index (χ2n) is 8.07. The number of hydrogen-bond donors (Lipinski definition) is 2. The standard InChI is InChI=1S/C22H25ClN4O3/c1-22(2,3)30-19(28)13-27-12-16(10-15-6-9-18(24)26-20(15)27)21(29)25-11-14-4-7-17(23)8-5-14/h4-10H,11-13H2,1-3H3,(H2,24,26)(H,25,29). The molecule has 7 nitrogen and oxygen atoms in total. The van der Waals surface area contributed by atoms with Crippen LogP contribution in [0.1, 0.15) is 31.9 Å². The van der Waals surface area contributed by atoms with E-state index in [0.29, 0.717) is 28.8 Å². The van der Waals surface area contributed by atoms with Crippen molar-refractivity contribution in [3.63, 3.8) is 0 Å². The average Bonchev–Trinajstić information content (AvgIpc) is 2.66. The predicted molar refractivity (Wildman–Crippen MR) is 118 cm³/mol. The zero-order valence-corrected chi connectivity index (χ0v) is 18.0. The lowest BCUT2D eigenvalue weighted by Crippen LogP contribution is -2.40. The molecule has 0 fully saturated rings. The van der Waals surface area contributed by atoms with Crippen LogP contribution in [-0.4, -0.2) is 35.6 Å². The van der Waals surface area contributed by atoms with E-state index in [-0.39, 0.29) is 19.0 Å². The van der Waals surface area contributed by atoms with Crippen molar-refractivity contribution in [1.82, 2.24) is 10.3 Å². The number of pyridine rings is 1. The van der Waals surface area contributed by atoms with E-state index in [9.17, 15) is 9.59 Å². The van der Waals surface area contributed by atoms with Gasteiger partial charge >= 0.3 is 5.97 Å². The molecule has 1 aromatic heterocycles. The molecule has 1 amide bonds. The number of carbonyl (C=O) groups excluding carboxylic acids is 2. The van der Waals surface area contributed by atoms with Gasteiger partial charge < -0.3 is 20.7 Å². The molecule has 2 heterocycles. The highest BCUT2D eigenvalue weighted by Crippen LogP contribution is 2.28. The third kappa shape index (κ3) is 5.73. The number of fused-ring (bicyclic) bond motifs is 1. The second-order valence-corrected chi connectivity index (χ2v) is 8.51. The van der Waals surface area contributed by atoms with Crippen molar-refractivity contribution in [2.24, 2.45) is 0 Å². The van der Waals surface area contributed by atoms with Crippen LogP contribution in [0.25, 0.3) is 6.08 Å². The Morgan fingerprint density at radius 2 is 1.90 bits per heavy atom. The lowest BCUT2D eigenvalue weighted by molar-refractivity contribution is -0.153. The Hall–Kier alpha value is -3.06. The zero-order chi connectivity index (χ0) is 21.9. The minimum Gasteiger partial charge on any atom is -0.459 e. The normalized spacial score (nSPS) is 13.3. The van der Waals surface area contributed by atoms with Gasteiger partial charge in [0.15, 0.2) is 0 Å². The van der Waals surface area contributed by atoms with E-state index < -0.39 is 11.6 Å². The smallest absolute Gasteiger partial charge is 0.326 e. The number of rotatable bonds is 5. The van der Waals surface area contributed by atoms with Gasteiger partial charge in [-0.3, -0.25) is 9.59 Å². The van der Waals surface area contributed by atoms with Gasteiger partial charge in [0, 0.05) is 22.7 Å². The second kappa shape index (κ2) is 8.75. The summed E-state index contributed by atoms with van der Waals surface area (Å²) in [5.74, 6) is 0.268. The fourth-order valence-electron chi connectivity index (χ4n) is 3.05. The number of nitrogens with two attached hydrogens (primary N) is 1. The summed E-state index contributed by atoms with van der Waals surface area (Å²) in [5, 5.41) is 3.54. The highest BCUT2D eigenvalue weighted by atomic mass is 35.5. The number of halogens is 1. The highest BCUT2D eigenvalue weighted by Gasteiger charge is 2.27. The van der Waals surface area contributed by atoms with Gasteiger partial charge in [-0.25, -0.2) is 4.98 Å². The van der Waals surface area contributed by atoms with Crippen LogP contribution in [0.2, 0.25) is 5.02 Å². The van der Waals surface area contributed by atoms with Gasteiger partial charge in [-0.1, -0.05) is 23.7 Å². The molecule has 1 aromatic carbocycles. The van der Waals surface area contributed by atoms with E-state index in [1.807, 2.05) is 12.1 Å². The van der Waals surface area contributed by atoms with E-state index in [1.165, 1.54) is 0 Å². The van der Waals surface area contributed by atoms with E-state index >= 15 is 0 Å². The molecule has 1 aliphatic rings. The van der Waals surface area contributed by atoms with Crippen molar-refractivity contribution < 1.29 is 14.3 Å². The topological polar surface area (TPSA) is 97.5 Å². The minimum atomic E-state index is -0.604. The Labute approximate surface area is 180 Å². The molecule has 0 saturated carbocycles. The molecule has 2 aromatic rings. The molecule has 0 unspecified atom stereocenters. The van der Waals surface area contributed by atoms with Gasteiger partial charge in [-0.05, 0) is 56.7 Å². The van der Waals surface area contributed by atoms with E-state index in [0.717, 1.165) is 11.1 Å². The summed E-state index contributed by atoms with van der Waals surface area (Å²) in [7, 11) is 0. The van der Waals surface area contributed by atoms with Crippen LogP contribution in [0.15, 0.2) is 42.0 Å². The van der Waals surface area contributed by atoms with Crippen molar-refractivity contribution >= 4 is 41.2 Å². The van der Waals surface area contributed by atoms with E-state index in [4.69, 9.17) is 22.1 Å². The molecule has 0 aliphatic carbocycles. The minimum absolute atomic E-state index is 0.0392. The number of carbonyl (C=O) groups is 2. The van der Waals surface area contributed by atoms with Crippen molar-refractivity contribution in [2.45, 2.75) is 32.9 Å². The largest absolute Gasteiger partial charge is 0.459 e. The number of anilines is 2. The molecular weight excluding hydrogens is 404 g/mol. The molecule has 0 saturated heterocycles. The zero-order valence-electron chi connectivity index (χ0n) is 17.2. The number of esters is 1. The molecule has 3 N–H and O–H groups in total. The Bertz CT molecular complexity index is 981. The fourth-order valence-corrected chi connectivity index (χ4v) is 3.18. The number of nitrogen functional groups attached to an aromatic ring is 1. The van der Waals surface area contributed by atoms with Gasteiger partial charge in [0.25, 0.3) is 0 Å². The number of amides is 1. The third-order valence-corrected chi connectivity index (χ3v) is 4.57. The number of aromatic nitrogens is 1. The number of nitrogens with one attached hydrogen (secondary N) is 1. The van der Waals surface area contributed by atoms with Crippen LogP contribution in [-0.2, 0) is 20.9 Å². The van der Waals surface area contributed by atoms with E-state index in [1.54, 1.807) is 56.0 Å². The summed E-state index contributed by atoms with van der Waals surface area (Å²) >= 11 is 5.90. The van der Waals surface area contributed by atoms with Gasteiger partial charge in [0.05, 0.1) is 6.54 Å². The molecule has 0 radical (unpaired) electrons. The molecule has 8 heteroatoms. The van der Waals surface area contributed by atoms with Crippen molar-refractivity contribution in [2.75, 3.05) is 23.7 Å². The Morgan fingerprint density at radius 1 is 1.20 bits per heavy atom. The fraction of sp³-hybridized carbons (Fsp3) is 0.318. The SMILES string of the molecule is CC(C)(C)OC(=O)CN1CC(C(=O)NCc2ccc(Cl)cc2)=Cc2ccc(N)nc21. The van der Waals surface area contributed by atoms with Crippen molar-refractivity contribution in [1.29, 1.82) is 0 Å². The number of benzene rings is 1. The van der Waals surface area contributed by atoms with Crippen LogP contribution < -0.4 is 16.0 Å². The average molecular weight is 429 g/mol. The van der Waals surface area contributed by atoms with Crippen molar-refractivity contribution in [3.05, 3.63) is 58.1 Å². The molecule has 1 aliphatic heterocycles. The van der Waals surface area contributed by atoms with Gasteiger partial charge in [-0.15, -0.1) is 0 Å². The molecule has 0 atom stereocenters. The maximum absolute atomic E-state index is 12.8. The summed E-state index contributed by atoms with van der Waals surface area (Å²) in [6.07, 6.45) is 1.77. The van der Waals surface area contributed by atoms with Crippen LogP contribution in [0, 0.1) is 0 Å². The molecule has 30 heavy (non-hydrogen) atoms. The van der Waals surface area contributed by atoms with Crippen LogP contribution in [0.3, 0.4) is 0 Å². The summed E-state index contributed by atoms with van der Waals surface area (Å²) in [5.41, 5.74) is 7.40. The van der Waals surface area contributed by atoms with Gasteiger partial charge in [0.1, 0.15) is 23.8 Å². The summed E-state index contributed by atoms with van der Waals surface area (Å²) < 4.78 is 5.43. The number of ether oxygens (including phenoxy) is 1. The van der Waals surface area contributed by atoms with Crippen LogP contribution in [0.4, 0.5) is 11.6 Å². The molecular formula is C22H25ClN4O3. The van der Waals surface area contributed by atoms with Crippen LogP contribution >= 0.6 is 11.6 Å². The lowest BCUT2D eigenvalue weighted by Gasteiger charge is -2.30.